The minimum absolute atomic E-state index is 0.141. The van der Waals surface area contributed by atoms with Crippen LogP contribution in [0.5, 0.6) is 5.75 Å². The van der Waals surface area contributed by atoms with Crippen LogP contribution in [0.25, 0.3) is 22.3 Å². The molecule has 7 nitrogen and oxygen atoms in total. The van der Waals surface area contributed by atoms with Gasteiger partial charge in [-0.15, -0.1) is 0 Å². The van der Waals surface area contributed by atoms with Gasteiger partial charge in [0.05, 0.1) is 16.6 Å². The van der Waals surface area contributed by atoms with E-state index in [1.54, 1.807) is 30.3 Å². The number of phenols is 1. The van der Waals surface area contributed by atoms with Crippen molar-refractivity contribution in [3.8, 4) is 23.2 Å². The summed E-state index contributed by atoms with van der Waals surface area (Å²) in [5.41, 5.74) is 1.91. The average Bonchev–Trinajstić information content (AvgIpc) is 2.77. The highest BCUT2D eigenvalue weighted by molar-refractivity contribution is 5.90. The number of phenolic OH excluding ortho intramolecular Hbond substituents is 1. The molecule has 7 heteroatoms. The number of nitrogens with one attached hydrogen (secondary N) is 2. The molecule has 0 fully saturated rings. The predicted molar refractivity (Wildman–Crippen MR) is 113 cm³/mol. The highest BCUT2D eigenvalue weighted by Crippen LogP contribution is 2.29. The summed E-state index contributed by atoms with van der Waals surface area (Å²) in [7, 11) is 0. The number of aromatic nitrogens is 3. The van der Waals surface area contributed by atoms with Crippen LogP contribution in [0.15, 0.2) is 66.9 Å². The summed E-state index contributed by atoms with van der Waals surface area (Å²) < 4.78 is 0. The molecule has 0 atom stereocenters. The maximum Gasteiger partial charge on any atom is 0.165 e. The lowest BCUT2D eigenvalue weighted by atomic mass is 10.1. The van der Waals surface area contributed by atoms with Crippen LogP contribution in [-0.2, 0) is 0 Å². The van der Waals surface area contributed by atoms with Crippen molar-refractivity contribution in [2.45, 2.75) is 0 Å². The van der Waals surface area contributed by atoms with Crippen LogP contribution in [0.3, 0.4) is 0 Å². The van der Waals surface area contributed by atoms with Gasteiger partial charge in [-0.3, -0.25) is 0 Å². The smallest absolute Gasteiger partial charge is 0.165 e. The van der Waals surface area contributed by atoms with Gasteiger partial charge >= 0.3 is 0 Å². The molecule has 0 aliphatic carbocycles. The third kappa shape index (κ3) is 4.06. The first-order chi connectivity index (χ1) is 14.2. The number of aromatic hydroxyl groups is 1. The molecule has 0 bridgehead atoms. The monoisotopic (exact) mass is 382 g/mol. The van der Waals surface area contributed by atoms with E-state index in [0.717, 1.165) is 10.9 Å². The number of hydrogen-bond donors (Lipinski definition) is 3. The second-order valence-electron chi connectivity index (χ2n) is 6.33. The Morgan fingerprint density at radius 3 is 2.48 bits per heavy atom. The second kappa shape index (κ2) is 8.23. The fourth-order valence-electron chi connectivity index (χ4n) is 2.93. The molecule has 0 radical (unpaired) electrons. The van der Waals surface area contributed by atoms with Crippen LogP contribution in [0.1, 0.15) is 5.56 Å². The van der Waals surface area contributed by atoms with Gasteiger partial charge in [0, 0.05) is 24.7 Å². The van der Waals surface area contributed by atoms with E-state index in [1.807, 2.05) is 36.4 Å². The summed E-state index contributed by atoms with van der Waals surface area (Å²) in [6.07, 6.45) is 1.53. The van der Waals surface area contributed by atoms with Gasteiger partial charge in [0.15, 0.2) is 5.82 Å². The maximum atomic E-state index is 10.2. The van der Waals surface area contributed by atoms with Crippen molar-refractivity contribution in [2.75, 3.05) is 23.7 Å². The minimum Gasteiger partial charge on any atom is -0.507 e. The molecule has 142 valence electrons. The van der Waals surface area contributed by atoms with Gasteiger partial charge < -0.3 is 15.7 Å². The van der Waals surface area contributed by atoms with Crippen molar-refractivity contribution < 1.29 is 5.11 Å². The first kappa shape index (κ1) is 18.2. The van der Waals surface area contributed by atoms with E-state index in [0.29, 0.717) is 41.7 Å². The van der Waals surface area contributed by atoms with E-state index in [4.69, 9.17) is 5.26 Å². The Morgan fingerprint density at radius 1 is 0.897 bits per heavy atom. The Hall–Kier alpha value is -4.18. The first-order valence-electron chi connectivity index (χ1n) is 9.13. The Balaban J connectivity index is 1.53. The Kier molecular flexibility index (Phi) is 5.16. The normalized spacial score (nSPS) is 10.4. The van der Waals surface area contributed by atoms with Gasteiger partial charge in [-0.05, 0) is 36.4 Å². The highest BCUT2D eigenvalue weighted by Gasteiger charge is 2.11. The minimum atomic E-state index is 0.141. The lowest BCUT2D eigenvalue weighted by Crippen LogP contribution is -2.15. The third-order valence-electron chi connectivity index (χ3n) is 4.36. The molecule has 0 aliphatic heterocycles. The quantitative estimate of drug-likeness (QED) is 0.436. The van der Waals surface area contributed by atoms with Crippen LogP contribution >= 0.6 is 0 Å². The van der Waals surface area contributed by atoms with Crippen molar-refractivity contribution in [3.05, 3.63) is 72.4 Å². The Morgan fingerprint density at radius 2 is 1.69 bits per heavy atom. The topological polar surface area (TPSA) is 107 Å². The summed E-state index contributed by atoms with van der Waals surface area (Å²) in [4.78, 5) is 13.4. The number of para-hydroxylation sites is 2. The van der Waals surface area contributed by atoms with E-state index in [2.05, 4.69) is 25.6 Å². The van der Waals surface area contributed by atoms with E-state index in [-0.39, 0.29) is 5.75 Å². The predicted octanol–water partition coefficient (Wildman–Crippen LogP) is 3.79. The Bertz CT molecular complexity index is 1180. The first-order valence-corrected chi connectivity index (χ1v) is 9.13. The number of fused-ring (bicyclic) bond motifs is 1. The van der Waals surface area contributed by atoms with Crippen LogP contribution in [0, 0.1) is 11.3 Å². The zero-order valence-corrected chi connectivity index (χ0v) is 15.5. The lowest BCUT2D eigenvalue weighted by Gasteiger charge is -2.12. The van der Waals surface area contributed by atoms with Crippen molar-refractivity contribution >= 4 is 22.5 Å². The molecule has 0 spiro atoms. The number of benzene rings is 2. The molecule has 2 aromatic carbocycles. The molecule has 2 heterocycles. The molecule has 4 rings (SSSR count). The average molecular weight is 382 g/mol. The molecule has 0 amide bonds. The van der Waals surface area contributed by atoms with Crippen LogP contribution in [0.2, 0.25) is 0 Å². The number of nitrogens with zero attached hydrogens (tertiary/aromatic N) is 4. The number of anilines is 2. The molecular formula is C22H18N6O. The van der Waals surface area contributed by atoms with Gasteiger partial charge in [-0.1, -0.05) is 24.3 Å². The summed E-state index contributed by atoms with van der Waals surface area (Å²) in [6, 6.07) is 20.3. The standard InChI is InChI=1S/C22H18N6O/c23-13-15-9-10-20(26-14-15)24-11-12-25-21-16-5-1-3-7-18(16)27-22(28-21)17-6-2-4-8-19(17)29/h1-10,14,29H,11-12H2,(H,24,26)(H,25,27,28). The van der Waals surface area contributed by atoms with E-state index >= 15 is 0 Å². The van der Waals surface area contributed by atoms with E-state index in [1.165, 1.54) is 6.20 Å². The van der Waals surface area contributed by atoms with E-state index in [9.17, 15) is 5.11 Å². The molecule has 2 aromatic heterocycles. The zero-order chi connectivity index (χ0) is 20.1. The summed E-state index contributed by atoms with van der Waals surface area (Å²) in [5, 5.41) is 26.4. The lowest BCUT2D eigenvalue weighted by molar-refractivity contribution is 0.477. The molecular weight excluding hydrogens is 364 g/mol. The molecule has 29 heavy (non-hydrogen) atoms. The molecule has 0 aliphatic rings. The molecule has 0 unspecified atom stereocenters. The van der Waals surface area contributed by atoms with E-state index < -0.39 is 0 Å². The summed E-state index contributed by atoms with van der Waals surface area (Å²) >= 11 is 0. The highest BCUT2D eigenvalue weighted by atomic mass is 16.3. The van der Waals surface area contributed by atoms with Crippen molar-refractivity contribution in [1.29, 1.82) is 5.26 Å². The molecule has 0 saturated carbocycles. The largest absolute Gasteiger partial charge is 0.507 e. The Labute approximate surface area is 167 Å². The SMILES string of the molecule is N#Cc1ccc(NCCNc2nc(-c3ccccc3O)nc3ccccc23)nc1. The van der Waals surface area contributed by atoms with Gasteiger partial charge in [-0.25, -0.2) is 15.0 Å². The number of pyridine rings is 1. The third-order valence-corrected chi connectivity index (χ3v) is 4.36. The molecule has 0 saturated heterocycles. The number of rotatable bonds is 6. The van der Waals surface area contributed by atoms with Gasteiger partial charge in [0.1, 0.15) is 23.5 Å². The van der Waals surface area contributed by atoms with Crippen LogP contribution in [0.4, 0.5) is 11.6 Å². The van der Waals surface area contributed by atoms with Crippen molar-refractivity contribution in [1.82, 2.24) is 15.0 Å². The van der Waals surface area contributed by atoms with Crippen molar-refractivity contribution in [3.63, 3.8) is 0 Å². The van der Waals surface area contributed by atoms with Crippen LogP contribution in [-0.4, -0.2) is 33.1 Å². The second-order valence-corrected chi connectivity index (χ2v) is 6.33. The van der Waals surface area contributed by atoms with Gasteiger partial charge in [0.25, 0.3) is 0 Å². The molecule has 3 N–H and O–H groups in total. The maximum absolute atomic E-state index is 10.2. The fourth-order valence-corrected chi connectivity index (χ4v) is 2.93. The van der Waals surface area contributed by atoms with Gasteiger partial charge in [-0.2, -0.15) is 5.26 Å². The summed E-state index contributed by atoms with van der Waals surface area (Å²) in [5.74, 6) is 2.00. The number of hydrogen-bond acceptors (Lipinski definition) is 7. The van der Waals surface area contributed by atoms with Crippen LogP contribution < -0.4 is 10.6 Å². The number of nitriles is 1. The zero-order valence-electron chi connectivity index (χ0n) is 15.5. The van der Waals surface area contributed by atoms with Gasteiger partial charge in [0.2, 0.25) is 0 Å². The molecule has 4 aromatic rings. The summed E-state index contributed by atoms with van der Waals surface area (Å²) in [6.45, 7) is 1.21. The van der Waals surface area contributed by atoms with Crippen molar-refractivity contribution in [2.24, 2.45) is 0 Å². The fraction of sp³-hybridized carbons (Fsp3) is 0.0909.